The van der Waals surface area contributed by atoms with Crippen molar-refractivity contribution in [3.63, 3.8) is 0 Å². The van der Waals surface area contributed by atoms with Crippen molar-refractivity contribution >= 4 is 28.5 Å². The summed E-state index contributed by atoms with van der Waals surface area (Å²) in [5.74, 6) is -0.333. The number of nitrogens with one attached hydrogen (secondary N) is 1. The molecular formula is C23H26N2O3. The first-order valence-corrected chi connectivity index (χ1v) is 9.48. The number of hydrogen-bond acceptors (Lipinski definition) is 3. The molecule has 0 aliphatic heterocycles. The lowest BCUT2D eigenvalue weighted by atomic mass is 10.0. The van der Waals surface area contributed by atoms with E-state index in [1.165, 1.54) is 4.90 Å². The standard InChI is InChI=1S/C23H26N2O3/c1-5-17-8-6-7-9-20(17)24-21(26)13-25(4)22(27)12-18-14-28-23-16(3)15(2)10-11-19(18)23/h6-11,14H,5,12-13H2,1-4H3,(H,24,26). The molecule has 0 aliphatic carbocycles. The molecule has 0 unspecified atom stereocenters. The number of carbonyl (C=O) groups is 2. The maximum absolute atomic E-state index is 12.6. The summed E-state index contributed by atoms with van der Waals surface area (Å²) in [6, 6.07) is 11.7. The third kappa shape index (κ3) is 4.09. The van der Waals surface area contributed by atoms with Crippen LogP contribution in [-0.4, -0.2) is 30.3 Å². The molecule has 5 nitrogen and oxygen atoms in total. The fourth-order valence-corrected chi connectivity index (χ4v) is 3.27. The van der Waals surface area contributed by atoms with Gasteiger partial charge in [-0.15, -0.1) is 0 Å². The van der Waals surface area contributed by atoms with Crippen molar-refractivity contribution in [1.82, 2.24) is 4.90 Å². The number of likely N-dealkylation sites (N-methyl/N-ethyl adjacent to an activating group) is 1. The molecule has 5 heteroatoms. The number of benzene rings is 2. The molecule has 0 fully saturated rings. The Kier molecular flexibility index (Phi) is 5.83. The van der Waals surface area contributed by atoms with Crippen LogP contribution in [0.2, 0.25) is 0 Å². The highest BCUT2D eigenvalue weighted by Crippen LogP contribution is 2.27. The van der Waals surface area contributed by atoms with Gasteiger partial charge in [0, 0.05) is 23.7 Å². The maximum Gasteiger partial charge on any atom is 0.243 e. The van der Waals surface area contributed by atoms with Gasteiger partial charge in [-0.2, -0.15) is 0 Å². The minimum Gasteiger partial charge on any atom is -0.464 e. The molecular weight excluding hydrogens is 352 g/mol. The number of hydrogen-bond donors (Lipinski definition) is 1. The fourth-order valence-electron chi connectivity index (χ4n) is 3.27. The highest BCUT2D eigenvalue weighted by Gasteiger charge is 2.17. The summed E-state index contributed by atoms with van der Waals surface area (Å²) >= 11 is 0. The summed E-state index contributed by atoms with van der Waals surface area (Å²) in [4.78, 5) is 26.4. The van der Waals surface area contributed by atoms with Gasteiger partial charge in [0.15, 0.2) is 0 Å². The Morgan fingerprint density at radius 1 is 1.07 bits per heavy atom. The van der Waals surface area contributed by atoms with E-state index in [0.29, 0.717) is 0 Å². The maximum atomic E-state index is 12.6. The predicted octanol–water partition coefficient (Wildman–Crippen LogP) is 4.25. The van der Waals surface area contributed by atoms with Crippen LogP contribution in [0.5, 0.6) is 0 Å². The average molecular weight is 378 g/mol. The summed E-state index contributed by atoms with van der Waals surface area (Å²) in [7, 11) is 1.64. The van der Waals surface area contributed by atoms with Gasteiger partial charge in [0.05, 0.1) is 19.2 Å². The van der Waals surface area contributed by atoms with Crippen LogP contribution in [0.4, 0.5) is 5.69 Å². The third-order valence-electron chi connectivity index (χ3n) is 5.16. The second-order valence-corrected chi connectivity index (χ2v) is 7.13. The molecule has 0 saturated heterocycles. The SMILES string of the molecule is CCc1ccccc1NC(=O)CN(C)C(=O)Cc1coc2c(C)c(C)ccc12. The van der Waals surface area contributed by atoms with Gasteiger partial charge in [0.1, 0.15) is 5.58 Å². The van der Waals surface area contributed by atoms with Crippen molar-refractivity contribution in [3.05, 3.63) is 64.9 Å². The van der Waals surface area contributed by atoms with Crippen LogP contribution >= 0.6 is 0 Å². The summed E-state index contributed by atoms with van der Waals surface area (Å²) in [5, 5.41) is 3.85. The number of carbonyl (C=O) groups excluding carboxylic acids is 2. The van der Waals surface area contributed by atoms with E-state index in [1.54, 1.807) is 13.3 Å². The molecule has 1 aromatic heterocycles. The van der Waals surface area contributed by atoms with Crippen LogP contribution < -0.4 is 5.32 Å². The minimum absolute atomic E-state index is 0.00476. The Bertz CT molecular complexity index is 1020. The lowest BCUT2D eigenvalue weighted by Gasteiger charge is -2.17. The number of anilines is 1. The number of furan rings is 1. The highest BCUT2D eigenvalue weighted by molar-refractivity contribution is 5.96. The zero-order chi connectivity index (χ0) is 20.3. The number of fused-ring (bicyclic) bond motifs is 1. The Morgan fingerprint density at radius 2 is 1.82 bits per heavy atom. The average Bonchev–Trinajstić information content (AvgIpc) is 3.08. The molecule has 0 spiro atoms. The third-order valence-corrected chi connectivity index (χ3v) is 5.16. The van der Waals surface area contributed by atoms with Gasteiger partial charge in [0.2, 0.25) is 11.8 Å². The van der Waals surface area contributed by atoms with Gasteiger partial charge < -0.3 is 14.6 Å². The molecule has 2 amide bonds. The van der Waals surface area contributed by atoms with Crippen molar-refractivity contribution in [1.29, 1.82) is 0 Å². The molecule has 0 bridgehead atoms. The van der Waals surface area contributed by atoms with Gasteiger partial charge in [-0.25, -0.2) is 0 Å². The van der Waals surface area contributed by atoms with E-state index in [2.05, 4.69) is 5.32 Å². The quantitative estimate of drug-likeness (QED) is 0.697. The first-order valence-electron chi connectivity index (χ1n) is 9.48. The van der Waals surface area contributed by atoms with E-state index in [1.807, 2.05) is 57.2 Å². The normalized spacial score (nSPS) is 10.9. The highest BCUT2D eigenvalue weighted by atomic mass is 16.3. The first kappa shape index (κ1) is 19.7. The molecule has 0 saturated carbocycles. The van der Waals surface area contributed by atoms with E-state index in [-0.39, 0.29) is 24.8 Å². The van der Waals surface area contributed by atoms with Crippen LogP contribution in [0.25, 0.3) is 11.0 Å². The zero-order valence-corrected chi connectivity index (χ0v) is 16.8. The van der Waals surface area contributed by atoms with Crippen LogP contribution in [0.1, 0.15) is 29.2 Å². The largest absolute Gasteiger partial charge is 0.464 e. The van der Waals surface area contributed by atoms with E-state index in [9.17, 15) is 9.59 Å². The molecule has 2 aromatic carbocycles. The van der Waals surface area contributed by atoms with Gasteiger partial charge in [-0.3, -0.25) is 9.59 Å². The smallest absolute Gasteiger partial charge is 0.243 e. The summed E-state index contributed by atoms with van der Waals surface area (Å²) in [5.41, 5.74) is 5.76. The lowest BCUT2D eigenvalue weighted by Crippen LogP contribution is -2.35. The molecule has 0 aliphatic rings. The summed E-state index contributed by atoms with van der Waals surface area (Å²) in [6.45, 7) is 6.09. The topological polar surface area (TPSA) is 62.6 Å². The number of amides is 2. The number of nitrogens with zero attached hydrogens (tertiary/aromatic N) is 1. The van der Waals surface area contributed by atoms with Crippen LogP contribution in [0, 0.1) is 13.8 Å². The molecule has 1 N–H and O–H groups in total. The van der Waals surface area contributed by atoms with Crippen molar-refractivity contribution in [2.75, 3.05) is 18.9 Å². The van der Waals surface area contributed by atoms with Crippen LogP contribution in [0.3, 0.4) is 0 Å². The monoisotopic (exact) mass is 378 g/mol. The molecule has 1 heterocycles. The Morgan fingerprint density at radius 3 is 2.57 bits per heavy atom. The summed E-state index contributed by atoms with van der Waals surface area (Å²) in [6.07, 6.45) is 2.67. The first-order chi connectivity index (χ1) is 13.4. The zero-order valence-electron chi connectivity index (χ0n) is 16.8. The predicted molar refractivity (Wildman–Crippen MR) is 111 cm³/mol. The van der Waals surface area contributed by atoms with E-state index >= 15 is 0 Å². The Balaban J connectivity index is 1.65. The van der Waals surface area contributed by atoms with E-state index < -0.39 is 0 Å². The molecule has 3 rings (SSSR count). The van der Waals surface area contributed by atoms with Crippen molar-refractivity contribution < 1.29 is 14.0 Å². The molecule has 0 radical (unpaired) electrons. The fraction of sp³-hybridized carbons (Fsp3) is 0.304. The van der Waals surface area contributed by atoms with Crippen molar-refractivity contribution in [2.45, 2.75) is 33.6 Å². The number of aryl methyl sites for hydroxylation is 3. The van der Waals surface area contributed by atoms with Gasteiger partial charge in [0.25, 0.3) is 0 Å². The molecule has 3 aromatic rings. The van der Waals surface area contributed by atoms with Gasteiger partial charge >= 0.3 is 0 Å². The van der Waals surface area contributed by atoms with E-state index in [0.717, 1.165) is 45.3 Å². The van der Waals surface area contributed by atoms with Crippen molar-refractivity contribution in [2.24, 2.45) is 0 Å². The summed E-state index contributed by atoms with van der Waals surface area (Å²) < 4.78 is 5.68. The Labute approximate surface area is 165 Å². The number of rotatable bonds is 6. The van der Waals surface area contributed by atoms with Gasteiger partial charge in [-0.05, 0) is 43.0 Å². The van der Waals surface area contributed by atoms with E-state index in [4.69, 9.17) is 4.42 Å². The van der Waals surface area contributed by atoms with Crippen LogP contribution in [-0.2, 0) is 22.4 Å². The Hall–Kier alpha value is -3.08. The molecule has 0 atom stereocenters. The van der Waals surface area contributed by atoms with Crippen molar-refractivity contribution in [3.8, 4) is 0 Å². The second kappa shape index (κ2) is 8.30. The van der Waals surface area contributed by atoms with Gasteiger partial charge in [-0.1, -0.05) is 37.3 Å². The lowest BCUT2D eigenvalue weighted by molar-refractivity contribution is -0.132. The molecule has 28 heavy (non-hydrogen) atoms. The van der Waals surface area contributed by atoms with Crippen LogP contribution in [0.15, 0.2) is 47.1 Å². The molecule has 146 valence electrons. The minimum atomic E-state index is -0.208. The number of para-hydroxylation sites is 1. The second-order valence-electron chi connectivity index (χ2n) is 7.13.